The molecule has 3 aliphatic rings. The number of para-hydroxylation sites is 1. The third kappa shape index (κ3) is 6.24. The smallest absolute Gasteiger partial charge is 0.264 e. The topological polar surface area (TPSA) is 124 Å². The summed E-state index contributed by atoms with van der Waals surface area (Å²) in [4.78, 5) is 25.4. The molecular formula is C31H37N7O3S. The number of benzene rings is 2. The molecule has 1 saturated heterocycles. The molecule has 2 aromatic carbocycles. The third-order valence-electron chi connectivity index (χ3n) is 7.89. The van der Waals surface area contributed by atoms with Crippen molar-refractivity contribution in [1.29, 1.82) is 5.41 Å². The van der Waals surface area contributed by atoms with Gasteiger partial charge in [0.2, 0.25) is 12.2 Å². The number of benzodiazepines with no additional fused rings is 1. The summed E-state index contributed by atoms with van der Waals surface area (Å²) in [6.07, 6.45) is 4.12. The molecule has 0 bridgehead atoms. The summed E-state index contributed by atoms with van der Waals surface area (Å²) in [6.45, 7) is 2.79. The Morgan fingerprint density at radius 1 is 1.10 bits per heavy atom. The van der Waals surface area contributed by atoms with E-state index in [1.54, 1.807) is 18.4 Å². The Kier molecular flexibility index (Phi) is 8.90. The van der Waals surface area contributed by atoms with Gasteiger partial charge in [0.1, 0.15) is 5.00 Å². The first-order chi connectivity index (χ1) is 20.6. The number of aliphatic imine (C=N–C) groups is 1. The van der Waals surface area contributed by atoms with Gasteiger partial charge in [-0.1, -0.05) is 67.8 Å². The normalized spacial score (nSPS) is 20.2. The molecule has 6 rings (SSSR count). The number of anilines is 2. The van der Waals surface area contributed by atoms with Gasteiger partial charge in [-0.25, -0.2) is 10.3 Å². The second kappa shape index (κ2) is 13.1. The number of fused-ring (bicyclic) bond motifs is 1. The summed E-state index contributed by atoms with van der Waals surface area (Å²) in [5, 5.41) is 20.2. The Morgan fingerprint density at radius 2 is 1.83 bits per heavy atom. The van der Waals surface area contributed by atoms with Crippen molar-refractivity contribution in [3.63, 3.8) is 0 Å². The molecule has 42 heavy (non-hydrogen) atoms. The highest BCUT2D eigenvalue weighted by Gasteiger charge is 2.31. The lowest BCUT2D eigenvalue weighted by Gasteiger charge is -2.28. The number of morpholine rings is 1. The first kappa shape index (κ1) is 28.5. The van der Waals surface area contributed by atoms with Crippen LogP contribution in [0.4, 0.5) is 10.7 Å². The molecule has 0 radical (unpaired) electrons. The van der Waals surface area contributed by atoms with Crippen LogP contribution in [-0.2, 0) is 14.3 Å². The summed E-state index contributed by atoms with van der Waals surface area (Å²) in [5.41, 5.74) is 3.66. The lowest BCUT2D eigenvalue weighted by atomic mass is 9.90. The van der Waals surface area contributed by atoms with Crippen molar-refractivity contribution in [3.8, 4) is 0 Å². The van der Waals surface area contributed by atoms with Gasteiger partial charge in [0.05, 0.1) is 29.6 Å². The minimum absolute atomic E-state index is 0.0498. The lowest BCUT2D eigenvalue weighted by Crippen LogP contribution is -2.52. The molecule has 1 aromatic heterocycles. The molecule has 1 amide bonds. The molecule has 2 unspecified atom stereocenters. The zero-order valence-electron chi connectivity index (χ0n) is 23.8. The van der Waals surface area contributed by atoms with Crippen LogP contribution in [0.3, 0.4) is 0 Å². The van der Waals surface area contributed by atoms with Gasteiger partial charge in [-0.2, -0.15) is 0 Å². The Balaban J connectivity index is 1.25. The maximum absolute atomic E-state index is 13.4. The molecule has 4 N–H and O–H groups in total. The molecule has 1 aliphatic carbocycles. The van der Waals surface area contributed by atoms with Gasteiger partial charge in [-0.15, -0.1) is 11.3 Å². The van der Waals surface area contributed by atoms with E-state index in [1.807, 2.05) is 54.6 Å². The van der Waals surface area contributed by atoms with Gasteiger partial charge >= 0.3 is 0 Å². The summed E-state index contributed by atoms with van der Waals surface area (Å²) < 4.78 is 11.7. The van der Waals surface area contributed by atoms with Crippen LogP contribution >= 0.6 is 11.3 Å². The first-order valence-corrected chi connectivity index (χ1v) is 15.5. The quantitative estimate of drug-likeness (QED) is 0.176. The standard InChI is InChI=1S/C31H37N7O3S/c1-33-31(37-27-28(39)34-23-15-9-8-14-22(23)24(35-27)20-10-4-2-5-11-20)41-26(32)25-30(38-16-18-40-19-17-38)42-29(36-25)21-12-6-3-7-13-21/h2,4-5,8-11,14-15,21,27,31-33,37H,3,6-7,12-13,16-19H2,1H3,(H,34,39). The monoisotopic (exact) mass is 587 g/mol. The largest absolute Gasteiger partial charge is 0.444 e. The van der Waals surface area contributed by atoms with Crippen molar-refractivity contribution in [2.24, 2.45) is 4.99 Å². The molecule has 0 spiro atoms. The second-order valence-electron chi connectivity index (χ2n) is 10.7. The predicted octanol–water partition coefficient (Wildman–Crippen LogP) is 4.28. The van der Waals surface area contributed by atoms with E-state index in [1.165, 1.54) is 19.3 Å². The highest BCUT2D eigenvalue weighted by atomic mass is 32.1. The van der Waals surface area contributed by atoms with Crippen LogP contribution in [0.2, 0.25) is 0 Å². The molecular weight excluding hydrogens is 550 g/mol. The number of rotatable bonds is 8. The van der Waals surface area contributed by atoms with E-state index in [-0.39, 0.29) is 11.8 Å². The van der Waals surface area contributed by atoms with E-state index >= 15 is 0 Å². The molecule has 220 valence electrons. The number of nitrogens with one attached hydrogen (secondary N) is 4. The van der Waals surface area contributed by atoms with Gasteiger partial charge in [-0.3, -0.25) is 20.5 Å². The number of ether oxygens (including phenoxy) is 2. The van der Waals surface area contributed by atoms with Crippen LogP contribution in [0.25, 0.3) is 0 Å². The maximum atomic E-state index is 13.4. The number of hydrogen-bond donors (Lipinski definition) is 4. The third-order valence-corrected chi connectivity index (χ3v) is 9.17. The zero-order valence-corrected chi connectivity index (χ0v) is 24.6. The maximum Gasteiger partial charge on any atom is 0.264 e. The van der Waals surface area contributed by atoms with Crippen molar-refractivity contribution >= 4 is 39.5 Å². The van der Waals surface area contributed by atoms with E-state index in [9.17, 15) is 4.79 Å². The zero-order chi connectivity index (χ0) is 28.9. The van der Waals surface area contributed by atoms with Crippen LogP contribution < -0.4 is 20.9 Å². The number of aromatic nitrogens is 1. The molecule has 2 aliphatic heterocycles. The number of carbonyl (C=O) groups is 1. The Morgan fingerprint density at radius 3 is 2.60 bits per heavy atom. The van der Waals surface area contributed by atoms with Gasteiger partial charge < -0.3 is 19.7 Å². The molecule has 1 saturated carbocycles. The fraction of sp³-hybridized carbons (Fsp3) is 0.419. The lowest BCUT2D eigenvalue weighted by molar-refractivity contribution is -0.118. The van der Waals surface area contributed by atoms with Crippen molar-refractivity contribution in [2.45, 2.75) is 50.5 Å². The Hall–Kier alpha value is -3.64. The predicted molar refractivity (Wildman–Crippen MR) is 166 cm³/mol. The average Bonchev–Trinajstić information content (AvgIpc) is 3.44. The molecule has 10 nitrogen and oxygen atoms in total. The Bertz CT molecular complexity index is 1430. The molecule has 11 heteroatoms. The van der Waals surface area contributed by atoms with Crippen LogP contribution in [0.5, 0.6) is 0 Å². The number of thiazole rings is 1. The average molecular weight is 588 g/mol. The van der Waals surface area contributed by atoms with Crippen molar-refractivity contribution < 1.29 is 14.3 Å². The number of hydrogen-bond acceptors (Lipinski definition) is 10. The van der Waals surface area contributed by atoms with Crippen LogP contribution in [-0.4, -0.2) is 68.4 Å². The minimum atomic E-state index is -0.968. The molecule has 2 atom stereocenters. The van der Waals surface area contributed by atoms with E-state index in [0.29, 0.717) is 36.2 Å². The molecule has 3 heterocycles. The summed E-state index contributed by atoms with van der Waals surface area (Å²) >= 11 is 1.68. The summed E-state index contributed by atoms with van der Waals surface area (Å²) in [5.74, 6) is 0.0580. The van der Waals surface area contributed by atoms with E-state index in [0.717, 1.165) is 47.1 Å². The van der Waals surface area contributed by atoms with Crippen molar-refractivity contribution in [1.82, 2.24) is 15.6 Å². The number of nitrogens with zero attached hydrogens (tertiary/aromatic N) is 3. The Labute approximate surface area is 250 Å². The van der Waals surface area contributed by atoms with Crippen LogP contribution in [0.15, 0.2) is 59.6 Å². The minimum Gasteiger partial charge on any atom is -0.444 e. The van der Waals surface area contributed by atoms with Gasteiger partial charge in [0.25, 0.3) is 5.91 Å². The number of amides is 1. The van der Waals surface area contributed by atoms with E-state index < -0.39 is 12.5 Å². The first-order valence-electron chi connectivity index (χ1n) is 14.7. The van der Waals surface area contributed by atoms with Crippen molar-refractivity contribution in [2.75, 3.05) is 43.6 Å². The highest BCUT2D eigenvalue weighted by Crippen LogP contribution is 2.39. The summed E-state index contributed by atoms with van der Waals surface area (Å²) in [6, 6.07) is 17.4. The molecule has 2 fully saturated rings. The van der Waals surface area contributed by atoms with Crippen LogP contribution in [0, 0.1) is 5.41 Å². The van der Waals surface area contributed by atoms with E-state index in [4.69, 9.17) is 24.9 Å². The van der Waals surface area contributed by atoms with Gasteiger partial charge in [0, 0.05) is 30.1 Å². The summed E-state index contributed by atoms with van der Waals surface area (Å²) in [7, 11) is 1.72. The van der Waals surface area contributed by atoms with Crippen molar-refractivity contribution in [3.05, 3.63) is 76.4 Å². The van der Waals surface area contributed by atoms with E-state index in [2.05, 4.69) is 20.9 Å². The fourth-order valence-corrected chi connectivity index (χ4v) is 6.95. The fourth-order valence-electron chi connectivity index (χ4n) is 5.67. The van der Waals surface area contributed by atoms with Gasteiger partial charge in [0.15, 0.2) is 11.9 Å². The second-order valence-corrected chi connectivity index (χ2v) is 11.7. The number of carbonyl (C=O) groups excluding carboxylic acids is 1. The molecule has 3 aromatic rings. The van der Waals surface area contributed by atoms with Gasteiger partial charge in [-0.05, 0) is 26.0 Å². The highest BCUT2D eigenvalue weighted by molar-refractivity contribution is 7.16. The SMILES string of the molecule is CNC(NC1N=C(c2ccccc2)c2ccccc2NC1=O)OC(=N)c1nc(C2CCCCC2)sc1N1CCOCC1. The van der Waals surface area contributed by atoms with Crippen LogP contribution in [0.1, 0.15) is 59.9 Å².